The van der Waals surface area contributed by atoms with E-state index in [0.717, 1.165) is 0 Å². The molecule has 0 aliphatic heterocycles. The van der Waals surface area contributed by atoms with Crippen molar-refractivity contribution >= 4 is 23.3 Å². The second-order valence-electron chi connectivity index (χ2n) is 11.1. The molecule has 0 fully saturated rings. The predicted octanol–water partition coefficient (Wildman–Crippen LogP) is 3.52. The van der Waals surface area contributed by atoms with Crippen LogP contribution < -0.4 is 24.8 Å². The number of benzene rings is 4. The number of fused-ring (bicyclic) bond motifs is 2. The van der Waals surface area contributed by atoms with Gasteiger partial charge >= 0.3 is 235 Å². The minimum absolute atomic E-state index is 0. The van der Waals surface area contributed by atoms with Gasteiger partial charge in [0.25, 0.3) is 0 Å². The molecule has 3 heteroatoms. The van der Waals surface area contributed by atoms with Gasteiger partial charge in [-0.05, 0) is 0 Å². The molecule has 2 unspecified atom stereocenters. The van der Waals surface area contributed by atoms with Gasteiger partial charge in [-0.25, -0.2) is 0 Å². The van der Waals surface area contributed by atoms with E-state index in [1.54, 1.807) is 11.1 Å². The van der Waals surface area contributed by atoms with Crippen molar-refractivity contribution < 1.29 is 48.0 Å². The molecule has 2 atom stereocenters. The maximum absolute atomic E-state index is 2.50. The van der Waals surface area contributed by atoms with Crippen LogP contribution in [-0.2, 0) is 23.2 Å². The Hall–Kier alpha value is -2.18. The van der Waals surface area contributed by atoms with Crippen molar-refractivity contribution in [2.75, 3.05) is 0 Å². The van der Waals surface area contributed by atoms with Crippen LogP contribution in [0.3, 0.4) is 0 Å². The number of allylic oxidation sites excluding steroid dienone is 2. The second kappa shape index (κ2) is 11.7. The summed E-state index contributed by atoms with van der Waals surface area (Å²) in [5, 5.41) is 0. The number of hydrogen-bond donors (Lipinski definition) is 0. The fourth-order valence-electron chi connectivity index (χ4n) is 5.83. The van der Waals surface area contributed by atoms with Crippen LogP contribution in [0.5, 0.6) is 0 Å². The molecule has 2 aliphatic carbocycles. The Morgan fingerprint density at radius 2 is 0.795 bits per heavy atom. The summed E-state index contributed by atoms with van der Waals surface area (Å²) in [4.78, 5) is 0. The average Bonchev–Trinajstić information content (AvgIpc) is 3.39. The van der Waals surface area contributed by atoms with Crippen LogP contribution in [0.4, 0.5) is 0 Å². The minimum Gasteiger partial charge on any atom is -1.00 e. The standard InChI is InChI=1S/2C18H17.2ClH.Zr/c2*1-12-4-6-15(7-5-12)18-10-16-8-13(2)14(3)9-17(16)11-18;;;/h2*4-11H,1-3H3;2*1H;/q;;;;+2/p-2. The molecule has 0 radical (unpaired) electrons. The summed E-state index contributed by atoms with van der Waals surface area (Å²) in [5.41, 5.74) is 20.1. The zero-order chi connectivity index (χ0) is 25.8. The zero-order valence-electron chi connectivity index (χ0n) is 23.5. The Kier molecular flexibility index (Phi) is 8.97. The summed E-state index contributed by atoms with van der Waals surface area (Å²) in [5.74, 6) is 0. The molecule has 39 heavy (non-hydrogen) atoms. The maximum Gasteiger partial charge on any atom is -1.00 e. The van der Waals surface area contributed by atoms with Gasteiger partial charge in [0.15, 0.2) is 0 Å². The van der Waals surface area contributed by atoms with Crippen molar-refractivity contribution in [2.24, 2.45) is 0 Å². The predicted molar refractivity (Wildman–Crippen MR) is 155 cm³/mol. The third-order valence-corrected chi connectivity index (χ3v) is 13.1. The van der Waals surface area contributed by atoms with Crippen LogP contribution in [0.2, 0.25) is 0 Å². The topological polar surface area (TPSA) is 0 Å². The molecule has 0 saturated carbocycles. The van der Waals surface area contributed by atoms with Gasteiger partial charge in [0, 0.05) is 0 Å². The fourth-order valence-corrected chi connectivity index (χ4v) is 10.9. The van der Waals surface area contributed by atoms with Crippen molar-refractivity contribution in [3.05, 3.63) is 140 Å². The van der Waals surface area contributed by atoms with Crippen molar-refractivity contribution in [3.63, 3.8) is 0 Å². The van der Waals surface area contributed by atoms with Crippen LogP contribution in [0, 0.1) is 41.5 Å². The summed E-state index contributed by atoms with van der Waals surface area (Å²) in [6.45, 7) is 13.4. The largest absolute Gasteiger partial charge is 1.00 e. The van der Waals surface area contributed by atoms with E-state index in [9.17, 15) is 0 Å². The Morgan fingerprint density at radius 3 is 1.15 bits per heavy atom. The Labute approximate surface area is 258 Å². The summed E-state index contributed by atoms with van der Waals surface area (Å²) < 4.78 is 1.07. The molecule has 0 heterocycles. The van der Waals surface area contributed by atoms with Gasteiger partial charge in [-0.15, -0.1) is 0 Å². The van der Waals surface area contributed by atoms with E-state index < -0.39 is 23.2 Å². The normalized spacial score (nSPS) is 16.8. The molecule has 0 spiro atoms. The summed E-state index contributed by atoms with van der Waals surface area (Å²) >= 11 is -1.03. The van der Waals surface area contributed by atoms with Gasteiger partial charge in [0.1, 0.15) is 0 Å². The first-order chi connectivity index (χ1) is 17.8. The van der Waals surface area contributed by atoms with Gasteiger partial charge in [0.2, 0.25) is 0 Å². The summed E-state index contributed by atoms with van der Waals surface area (Å²) in [6.07, 6.45) is 5.01. The quantitative estimate of drug-likeness (QED) is 0.325. The second-order valence-corrected chi connectivity index (χ2v) is 14.8. The molecule has 0 amide bonds. The minimum atomic E-state index is -1.03. The molecule has 2 aliphatic rings. The first-order valence-electron chi connectivity index (χ1n) is 13.3. The molecule has 4 aromatic carbocycles. The van der Waals surface area contributed by atoms with Crippen LogP contribution in [0.1, 0.15) is 74.0 Å². The third kappa shape index (κ3) is 5.56. The van der Waals surface area contributed by atoms with Crippen LogP contribution >= 0.6 is 0 Å². The van der Waals surface area contributed by atoms with E-state index in [0.29, 0.717) is 7.25 Å². The summed E-state index contributed by atoms with van der Waals surface area (Å²) in [6, 6.07) is 28.3. The van der Waals surface area contributed by atoms with Crippen molar-refractivity contribution in [3.8, 4) is 0 Å². The first kappa shape index (κ1) is 29.8. The monoisotopic (exact) mass is 626 g/mol. The molecule has 0 nitrogen and oxygen atoms in total. The van der Waals surface area contributed by atoms with E-state index in [1.807, 2.05) is 0 Å². The molecular formula is C36H34Cl2Zr. The third-order valence-electron chi connectivity index (χ3n) is 8.37. The van der Waals surface area contributed by atoms with Crippen molar-refractivity contribution in [1.29, 1.82) is 0 Å². The molecular weight excluding hydrogens is 595 g/mol. The van der Waals surface area contributed by atoms with Crippen LogP contribution in [-0.4, -0.2) is 0 Å². The van der Waals surface area contributed by atoms with Crippen LogP contribution in [0.25, 0.3) is 23.3 Å². The molecule has 0 bridgehead atoms. The number of rotatable bonds is 4. The SMILES string of the molecule is Cc1ccc(C2=Cc3cc(C)c(C)cc3[CH]2[Zr+2][CH]2C(c3ccc(C)cc3)=Cc3cc(C)c(C)cc32)cc1.[Cl-].[Cl-]. The molecule has 0 saturated heterocycles. The van der Waals surface area contributed by atoms with E-state index in [1.165, 1.54) is 66.8 Å². The molecule has 0 aromatic heterocycles. The number of hydrogen-bond acceptors (Lipinski definition) is 0. The Balaban J connectivity index is 0.00000176. The van der Waals surface area contributed by atoms with Gasteiger partial charge in [-0.1, -0.05) is 0 Å². The Bertz CT molecular complexity index is 1470. The number of aryl methyl sites for hydroxylation is 6. The fraction of sp³-hybridized carbons (Fsp3) is 0.222. The van der Waals surface area contributed by atoms with Crippen LogP contribution in [0.15, 0.2) is 72.8 Å². The van der Waals surface area contributed by atoms with Gasteiger partial charge in [-0.2, -0.15) is 0 Å². The maximum atomic E-state index is 2.50. The molecule has 4 aromatic rings. The molecule has 6 rings (SSSR count). The van der Waals surface area contributed by atoms with Gasteiger partial charge in [-0.3, -0.25) is 0 Å². The average molecular weight is 629 g/mol. The van der Waals surface area contributed by atoms with Crippen molar-refractivity contribution in [1.82, 2.24) is 0 Å². The van der Waals surface area contributed by atoms with E-state index in [4.69, 9.17) is 0 Å². The summed E-state index contributed by atoms with van der Waals surface area (Å²) in [7, 11) is 0. The zero-order valence-corrected chi connectivity index (χ0v) is 27.5. The Morgan fingerprint density at radius 1 is 0.462 bits per heavy atom. The van der Waals surface area contributed by atoms with Gasteiger partial charge < -0.3 is 24.8 Å². The van der Waals surface area contributed by atoms with Gasteiger partial charge in [0.05, 0.1) is 0 Å². The van der Waals surface area contributed by atoms with E-state index in [-0.39, 0.29) is 24.8 Å². The van der Waals surface area contributed by atoms with E-state index >= 15 is 0 Å². The van der Waals surface area contributed by atoms with Crippen molar-refractivity contribution in [2.45, 2.75) is 48.8 Å². The number of halogens is 2. The van der Waals surface area contributed by atoms with E-state index in [2.05, 4.69) is 126 Å². The first-order valence-corrected chi connectivity index (χ1v) is 16.2. The molecule has 0 N–H and O–H groups in total. The molecule has 196 valence electrons. The smallest absolute Gasteiger partial charge is 1.00 e.